The van der Waals surface area contributed by atoms with E-state index >= 15 is 0 Å². The Kier molecular flexibility index (Phi) is 3.27. The SMILES string of the molecule is ClC(Cl)c1nnc(C=Cc2cc3ccccc3o2)o1. The maximum Gasteiger partial charge on any atom is 0.249 e. The average Bonchev–Trinajstić information content (AvgIpc) is 3.02. The van der Waals surface area contributed by atoms with Crippen LogP contribution in [-0.4, -0.2) is 10.2 Å². The number of benzene rings is 1. The number of nitrogens with zero attached hydrogens (tertiary/aromatic N) is 2. The summed E-state index contributed by atoms with van der Waals surface area (Å²) < 4.78 is 10.8. The summed E-state index contributed by atoms with van der Waals surface area (Å²) in [7, 11) is 0. The molecule has 3 aromatic rings. The zero-order valence-electron chi connectivity index (χ0n) is 9.59. The molecule has 0 saturated heterocycles. The van der Waals surface area contributed by atoms with Crippen molar-refractivity contribution in [2.24, 2.45) is 0 Å². The zero-order chi connectivity index (χ0) is 13.2. The minimum atomic E-state index is -0.819. The van der Waals surface area contributed by atoms with Gasteiger partial charge in [0, 0.05) is 11.5 Å². The van der Waals surface area contributed by atoms with Crippen LogP contribution in [0.5, 0.6) is 0 Å². The van der Waals surface area contributed by atoms with Crippen molar-refractivity contribution in [2.75, 3.05) is 0 Å². The molecule has 0 unspecified atom stereocenters. The van der Waals surface area contributed by atoms with Gasteiger partial charge in [0.15, 0.2) is 4.84 Å². The van der Waals surface area contributed by atoms with E-state index in [9.17, 15) is 0 Å². The summed E-state index contributed by atoms with van der Waals surface area (Å²) in [6, 6.07) is 9.69. The van der Waals surface area contributed by atoms with Crippen LogP contribution in [0.25, 0.3) is 23.1 Å². The van der Waals surface area contributed by atoms with Gasteiger partial charge in [0.1, 0.15) is 11.3 Å². The second kappa shape index (κ2) is 5.07. The van der Waals surface area contributed by atoms with Crippen molar-refractivity contribution in [3.8, 4) is 0 Å². The summed E-state index contributed by atoms with van der Waals surface area (Å²) in [5.41, 5.74) is 0.829. The van der Waals surface area contributed by atoms with Crippen molar-refractivity contribution in [2.45, 2.75) is 4.84 Å². The molecule has 2 heterocycles. The molecule has 4 nitrogen and oxygen atoms in total. The number of furan rings is 1. The van der Waals surface area contributed by atoms with Crippen LogP contribution in [-0.2, 0) is 0 Å². The molecule has 0 aliphatic rings. The zero-order valence-corrected chi connectivity index (χ0v) is 11.1. The van der Waals surface area contributed by atoms with Crippen LogP contribution in [0.15, 0.2) is 39.2 Å². The lowest BCUT2D eigenvalue weighted by Crippen LogP contribution is -1.78. The molecule has 6 heteroatoms. The molecular formula is C13H8Cl2N2O2. The van der Waals surface area contributed by atoms with Crippen LogP contribution in [0.3, 0.4) is 0 Å². The van der Waals surface area contributed by atoms with Crippen LogP contribution in [0.2, 0.25) is 0 Å². The molecule has 0 bridgehead atoms. The highest BCUT2D eigenvalue weighted by atomic mass is 35.5. The molecule has 0 saturated carbocycles. The molecule has 2 aromatic heterocycles. The van der Waals surface area contributed by atoms with Crippen LogP contribution < -0.4 is 0 Å². The Labute approximate surface area is 118 Å². The summed E-state index contributed by atoms with van der Waals surface area (Å²) in [6.45, 7) is 0. The molecule has 1 aromatic carbocycles. The maximum atomic E-state index is 5.62. The summed E-state index contributed by atoms with van der Waals surface area (Å²) >= 11 is 11.2. The molecule has 0 spiro atoms. The van der Waals surface area contributed by atoms with Crippen LogP contribution >= 0.6 is 23.2 Å². The van der Waals surface area contributed by atoms with E-state index in [1.165, 1.54) is 0 Å². The minimum absolute atomic E-state index is 0.174. The number of hydrogen-bond acceptors (Lipinski definition) is 4. The average molecular weight is 295 g/mol. The van der Waals surface area contributed by atoms with E-state index in [1.54, 1.807) is 12.2 Å². The Balaban J connectivity index is 1.84. The summed E-state index contributed by atoms with van der Waals surface area (Å²) in [6.07, 6.45) is 3.39. The van der Waals surface area contributed by atoms with Gasteiger partial charge in [-0.25, -0.2) is 0 Å². The van der Waals surface area contributed by atoms with E-state index in [4.69, 9.17) is 32.0 Å². The number of hydrogen-bond donors (Lipinski definition) is 0. The Morgan fingerprint density at radius 2 is 1.89 bits per heavy atom. The third-order valence-corrected chi connectivity index (χ3v) is 2.85. The maximum absolute atomic E-state index is 5.62. The fraction of sp³-hybridized carbons (Fsp3) is 0.0769. The Hall–Kier alpha value is -1.78. The first kappa shape index (κ1) is 12.3. The lowest BCUT2D eigenvalue weighted by atomic mass is 10.2. The molecule has 19 heavy (non-hydrogen) atoms. The molecular weight excluding hydrogens is 287 g/mol. The van der Waals surface area contributed by atoms with Gasteiger partial charge in [-0.05, 0) is 18.2 Å². The fourth-order valence-corrected chi connectivity index (χ4v) is 1.82. The number of rotatable bonds is 3. The highest BCUT2D eigenvalue weighted by Gasteiger charge is 2.11. The summed E-state index contributed by atoms with van der Waals surface area (Å²) in [4.78, 5) is -0.819. The van der Waals surface area contributed by atoms with E-state index in [-0.39, 0.29) is 5.89 Å². The second-order valence-corrected chi connectivity index (χ2v) is 4.90. The topological polar surface area (TPSA) is 52.1 Å². The fourth-order valence-electron chi connectivity index (χ4n) is 1.64. The Morgan fingerprint density at radius 3 is 2.63 bits per heavy atom. The van der Waals surface area contributed by atoms with Gasteiger partial charge >= 0.3 is 0 Å². The minimum Gasteiger partial charge on any atom is -0.457 e. The highest BCUT2D eigenvalue weighted by molar-refractivity contribution is 6.43. The van der Waals surface area contributed by atoms with Crippen molar-refractivity contribution in [3.05, 3.63) is 47.9 Å². The molecule has 0 fully saturated rings. The standard InChI is InChI=1S/C13H8Cl2N2O2/c14-12(15)13-17-16-11(19-13)6-5-9-7-8-3-1-2-4-10(8)18-9/h1-7,12H. The van der Waals surface area contributed by atoms with Gasteiger partial charge in [0.25, 0.3) is 0 Å². The van der Waals surface area contributed by atoms with Crippen molar-refractivity contribution in [1.82, 2.24) is 10.2 Å². The number of fused-ring (bicyclic) bond motifs is 1. The summed E-state index contributed by atoms with van der Waals surface area (Å²) in [5.74, 6) is 1.20. The van der Waals surface area contributed by atoms with Crippen LogP contribution in [0, 0.1) is 0 Å². The third-order valence-electron chi connectivity index (χ3n) is 2.48. The van der Waals surface area contributed by atoms with E-state index < -0.39 is 4.84 Å². The van der Waals surface area contributed by atoms with Crippen LogP contribution in [0.4, 0.5) is 0 Å². The van der Waals surface area contributed by atoms with Gasteiger partial charge in [-0.15, -0.1) is 10.2 Å². The van der Waals surface area contributed by atoms with Crippen molar-refractivity contribution >= 4 is 46.3 Å². The van der Waals surface area contributed by atoms with Gasteiger partial charge in [-0.2, -0.15) is 0 Å². The molecule has 0 aliphatic heterocycles. The number of aromatic nitrogens is 2. The number of para-hydroxylation sites is 1. The molecule has 0 amide bonds. The normalized spacial score (nSPS) is 11.9. The van der Waals surface area contributed by atoms with Crippen molar-refractivity contribution in [1.29, 1.82) is 0 Å². The lowest BCUT2D eigenvalue weighted by Gasteiger charge is -1.88. The largest absolute Gasteiger partial charge is 0.457 e. The smallest absolute Gasteiger partial charge is 0.249 e. The predicted molar refractivity (Wildman–Crippen MR) is 73.9 cm³/mol. The van der Waals surface area contributed by atoms with E-state index in [2.05, 4.69) is 10.2 Å². The van der Waals surface area contributed by atoms with Gasteiger partial charge in [0.05, 0.1) is 0 Å². The highest BCUT2D eigenvalue weighted by Crippen LogP contribution is 2.24. The van der Waals surface area contributed by atoms with Crippen molar-refractivity contribution < 1.29 is 8.83 Å². The first-order valence-corrected chi connectivity index (χ1v) is 6.38. The first-order valence-electron chi connectivity index (χ1n) is 5.50. The molecule has 0 atom stereocenters. The summed E-state index contributed by atoms with van der Waals surface area (Å²) in [5, 5.41) is 8.54. The first-order chi connectivity index (χ1) is 9.22. The van der Waals surface area contributed by atoms with Gasteiger partial charge in [-0.3, -0.25) is 0 Å². The van der Waals surface area contributed by atoms with Gasteiger partial charge in [0.2, 0.25) is 11.8 Å². The van der Waals surface area contributed by atoms with Crippen molar-refractivity contribution in [3.63, 3.8) is 0 Å². The Morgan fingerprint density at radius 1 is 1.05 bits per heavy atom. The quantitative estimate of drug-likeness (QED) is 0.669. The Bertz CT molecular complexity index is 698. The number of halogens is 2. The molecule has 3 rings (SSSR count). The van der Waals surface area contributed by atoms with Crippen LogP contribution in [0.1, 0.15) is 22.4 Å². The monoisotopic (exact) mass is 294 g/mol. The third kappa shape index (κ3) is 2.64. The van der Waals surface area contributed by atoms with E-state index in [0.717, 1.165) is 11.0 Å². The van der Waals surface area contributed by atoms with E-state index in [1.807, 2.05) is 30.3 Å². The van der Waals surface area contributed by atoms with Gasteiger partial charge in [-0.1, -0.05) is 41.4 Å². The molecule has 0 aliphatic carbocycles. The van der Waals surface area contributed by atoms with E-state index in [0.29, 0.717) is 11.7 Å². The lowest BCUT2D eigenvalue weighted by molar-refractivity contribution is 0.501. The second-order valence-electron chi connectivity index (χ2n) is 3.80. The van der Waals surface area contributed by atoms with Gasteiger partial charge < -0.3 is 8.83 Å². The molecule has 0 N–H and O–H groups in total. The molecule has 0 radical (unpaired) electrons. The predicted octanol–water partition coefficient (Wildman–Crippen LogP) is 4.46. The molecule has 96 valence electrons. The number of alkyl halides is 2.